The Labute approximate surface area is 109 Å². The Kier molecular flexibility index (Phi) is 3.57. The van der Waals surface area contributed by atoms with Gasteiger partial charge in [0.2, 0.25) is 5.91 Å². The fourth-order valence-electron chi connectivity index (χ4n) is 3.63. The first kappa shape index (κ1) is 12.4. The number of nitrogens with zero attached hydrogens (tertiary/aromatic N) is 1. The molecule has 3 aliphatic heterocycles. The molecule has 0 radical (unpaired) electrons. The lowest BCUT2D eigenvalue weighted by molar-refractivity contribution is -0.131. The molecule has 0 saturated carbocycles. The van der Waals surface area contributed by atoms with Gasteiger partial charge in [-0.3, -0.25) is 4.79 Å². The summed E-state index contributed by atoms with van der Waals surface area (Å²) < 4.78 is 5.45. The normalized spacial score (nSPS) is 31.1. The van der Waals surface area contributed by atoms with E-state index in [-0.39, 0.29) is 0 Å². The molecule has 18 heavy (non-hydrogen) atoms. The Bertz CT molecular complexity index is 307. The standard InChI is InChI=1S/C14H24N2O2/c17-13(10-12-2-1-6-15-12)16-7-3-14(11-16)4-8-18-9-5-14/h12,15H,1-11H2. The minimum absolute atomic E-state index is 0.359. The van der Waals surface area contributed by atoms with Gasteiger partial charge < -0.3 is 15.0 Å². The summed E-state index contributed by atoms with van der Waals surface area (Å²) in [6, 6.07) is 0.434. The van der Waals surface area contributed by atoms with Crippen LogP contribution >= 0.6 is 0 Å². The molecule has 0 aromatic rings. The average Bonchev–Trinajstić information content (AvgIpc) is 3.01. The molecule has 4 nitrogen and oxygen atoms in total. The molecule has 1 unspecified atom stereocenters. The van der Waals surface area contributed by atoms with E-state index in [1.54, 1.807) is 0 Å². The first-order valence-electron chi connectivity index (χ1n) is 7.36. The van der Waals surface area contributed by atoms with Gasteiger partial charge in [-0.1, -0.05) is 0 Å². The molecule has 1 N–H and O–H groups in total. The van der Waals surface area contributed by atoms with E-state index in [4.69, 9.17) is 4.74 Å². The summed E-state index contributed by atoms with van der Waals surface area (Å²) in [5.41, 5.74) is 0.386. The highest BCUT2D eigenvalue weighted by Crippen LogP contribution is 2.39. The predicted octanol–water partition coefficient (Wildman–Crippen LogP) is 1.16. The van der Waals surface area contributed by atoms with Crippen LogP contribution in [0.25, 0.3) is 0 Å². The van der Waals surface area contributed by atoms with E-state index in [1.807, 2.05) is 0 Å². The van der Waals surface area contributed by atoms with E-state index in [9.17, 15) is 4.79 Å². The third-order valence-electron chi connectivity index (χ3n) is 4.93. The third-order valence-corrected chi connectivity index (χ3v) is 4.93. The Morgan fingerprint density at radius 1 is 1.33 bits per heavy atom. The molecule has 0 aliphatic carbocycles. The number of carbonyl (C=O) groups excluding carboxylic acids is 1. The number of ether oxygens (including phenoxy) is 1. The Balaban J connectivity index is 1.52. The zero-order valence-corrected chi connectivity index (χ0v) is 11.1. The number of nitrogens with one attached hydrogen (secondary N) is 1. The maximum atomic E-state index is 12.3. The van der Waals surface area contributed by atoms with Gasteiger partial charge >= 0.3 is 0 Å². The zero-order valence-electron chi connectivity index (χ0n) is 11.1. The number of amides is 1. The van der Waals surface area contributed by atoms with E-state index in [2.05, 4.69) is 10.2 Å². The summed E-state index contributed by atoms with van der Waals surface area (Å²) in [5.74, 6) is 0.359. The summed E-state index contributed by atoms with van der Waals surface area (Å²) in [6.45, 7) is 4.78. The fourth-order valence-corrected chi connectivity index (χ4v) is 3.63. The van der Waals surface area contributed by atoms with E-state index in [0.29, 0.717) is 23.8 Å². The first-order valence-corrected chi connectivity index (χ1v) is 7.36. The molecular weight excluding hydrogens is 228 g/mol. The van der Waals surface area contributed by atoms with Crippen molar-refractivity contribution in [2.45, 2.75) is 44.6 Å². The van der Waals surface area contributed by atoms with E-state index >= 15 is 0 Å². The van der Waals surface area contributed by atoms with Crippen molar-refractivity contribution in [3.63, 3.8) is 0 Å². The lowest BCUT2D eigenvalue weighted by Gasteiger charge is -2.33. The van der Waals surface area contributed by atoms with Crippen LogP contribution in [0.4, 0.5) is 0 Å². The molecule has 1 spiro atoms. The van der Waals surface area contributed by atoms with Crippen LogP contribution in [-0.2, 0) is 9.53 Å². The molecule has 3 aliphatic rings. The van der Waals surface area contributed by atoms with Crippen LogP contribution in [0, 0.1) is 5.41 Å². The number of hydrogen-bond acceptors (Lipinski definition) is 3. The van der Waals surface area contributed by atoms with Gasteiger partial charge in [0, 0.05) is 38.8 Å². The molecule has 1 amide bonds. The molecule has 0 aromatic heterocycles. The quantitative estimate of drug-likeness (QED) is 0.802. The maximum Gasteiger partial charge on any atom is 0.224 e. The molecule has 1 atom stereocenters. The van der Waals surface area contributed by atoms with E-state index in [1.165, 1.54) is 19.3 Å². The number of carbonyl (C=O) groups is 1. The first-order chi connectivity index (χ1) is 8.77. The van der Waals surface area contributed by atoms with Crippen LogP contribution < -0.4 is 5.32 Å². The van der Waals surface area contributed by atoms with Crippen molar-refractivity contribution >= 4 is 5.91 Å². The van der Waals surface area contributed by atoms with Crippen LogP contribution in [0.3, 0.4) is 0 Å². The molecule has 0 bridgehead atoms. The van der Waals surface area contributed by atoms with Crippen LogP contribution in [0.5, 0.6) is 0 Å². The van der Waals surface area contributed by atoms with Crippen LogP contribution in [0.15, 0.2) is 0 Å². The molecule has 3 fully saturated rings. The minimum Gasteiger partial charge on any atom is -0.381 e. The average molecular weight is 252 g/mol. The highest BCUT2D eigenvalue weighted by atomic mass is 16.5. The van der Waals surface area contributed by atoms with Crippen molar-refractivity contribution in [2.75, 3.05) is 32.8 Å². The number of likely N-dealkylation sites (tertiary alicyclic amines) is 1. The van der Waals surface area contributed by atoms with Gasteiger partial charge in [0.05, 0.1) is 0 Å². The molecular formula is C14H24N2O2. The third kappa shape index (κ3) is 2.54. The molecule has 3 heterocycles. The summed E-state index contributed by atoms with van der Waals surface area (Å²) in [7, 11) is 0. The van der Waals surface area contributed by atoms with Gasteiger partial charge in [0.15, 0.2) is 0 Å². The van der Waals surface area contributed by atoms with Crippen LogP contribution in [-0.4, -0.2) is 49.7 Å². The molecule has 102 valence electrons. The number of rotatable bonds is 2. The summed E-state index contributed by atoms with van der Waals surface area (Å²) in [4.78, 5) is 14.4. The van der Waals surface area contributed by atoms with Crippen molar-refractivity contribution in [1.82, 2.24) is 10.2 Å². The Morgan fingerprint density at radius 2 is 2.17 bits per heavy atom. The SMILES string of the molecule is O=C(CC1CCCN1)N1CCC2(CCOCC2)C1. The topological polar surface area (TPSA) is 41.6 Å². The van der Waals surface area contributed by atoms with E-state index in [0.717, 1.165) is 45.7 Å². The Hall–Kier alpha value is -0.610. The second-order valence-corrected chi connectivity index (χ2v) is 6.18. The molecule has 3 saturated heterocycles. The maximum absolute atomic E-state index is 12.3. The summed E-state index contributed by atoms with van der Waals surface area (Å²) in [5, 5.41) is 3.41. The van der Waals surface area contributed by atoms with Crippen molar-refractivity contribution in [3.05, 3.63) is 0 Å². The van der Waals surface area contributed by atoms with Crippen LogP contribution in [0.2, 0.25) is 0 Å². The van der Waals surface area contributed by atoms with Crippen molar-refractivity contribution < 1.29 is 9.53 Å². The highest BCUT2D eigenvalue weighted by molar-refractivity contribution is 5.77. The van der Waals surface area contributed by atoms with Gasteiger partial charge in [-0.15, -0.1) is 0 Å². The number of hydrogen-bond donors (Lipinski definition) is 1. The van der Waals surface area contributed by atoms with Gasteiger partial charge in [0.25, 0.3) is 0 Å². The fraction of sp³-hybridized carbons (Fsp3) is 0.929. The van der Waals surface area contributed by atoms with E-state index < -0.39 is 0 Å². The van der Waals surface area contributed by atoms with Gasteiger partial charge in [0.1, 0.15) is 0 Å². The predicted molar refractivity (Wildman–Crippen MR) is 69.3 cm³/mol. The van der Waals surface area contributed by atoms with Crippen molar-refractivity contribution in [1.29, 1.82) is 0 Å². The molecule has 0 aromatic carbocycles. The van der Waals surface area contributed by atoms with Crippen LogP contribution in [0.1, 0.15) is 38.5 Å². The lowest BCUT2D eigenvalue weighted by atomic mass is 9.80. The second kappa shape index (κ2) is 5.17. The van der Waals surface area contributed by atoms with Gasteiger partial charge in [-0.05, 0) is 44.1 Å². The highest BCUT2D eigenvalue weighted by Gasteiger charge is 2.41. The summed E-state index contributed by atoms with van der Waals surface area (Å²) in [6.07, 6.45) is 6.54. The second-order valence-electron chi connectivity index (χ2n) is 6.18. The van der Waals surface area contributed by atoms with Crippen molar-refractivity contribution in [3.8, 4) is 0 Å². The summed E-state index contributed by atoms with van der Waals surface area (Å²) >= 11 is 0. The zero-order chi connectivity index (χ0) is 12.4. The monoisotopic (exact) mass is 252 g/mol. The Morgan fingerprint density at radius 3 is 2.89 bits per heavy atom. The van der Waals surface area contributed by atoms with Gasteiger partial charge in [-0.25, -0.2) is 0 Å². The largest absolute Gasteiger partial charge is 0.381 e. The van der Waals surface area contributed by atoms with Gasteiger partial charge in [-0.2, -0.15) is 0 Å². The molecule has 3 rings (SSSR count). The lowest BCUT2D eigenvalue weighted by Crippen LogP contribution is -2.37. The smallest absolute Gasteiger partial charge is 0.224 e. The minimum atomic E-state index is 0.359. The van der Waals surface area contributed by atoms with Crippen molar-refractivity contribution in [2.24, 2.45) is 5.41 Å². The molecule has 4 heteroatoms.